The van der Waals surface area contributed by atoms with E-state index in [0.717, 1.165) is 21.2 Å². The summed E-state index contributed by atoms with van der Waals surface area (Å²) in [5, 5.41) is 16.0. The van der Waals surface area contributed by atoms with Crippen LogP contribution in [0.2, 0.25) is 0 Å². The lowest BCUT2D eigenvalue weighted by atomic mass is 10.0. The number of H-pyrrole nitrogens is 1. The summed E-state index contributed by atoms with van der Waals surface area (Å²) in [5.74, 6) is 0. The Hall–Kier alpha value is -3.74. The minimum atomic E-state index is -0.745. The van der Waals surface area contributed by atoms with Gasteiger partial charge in [-0.25, -0.2) is 0 Å². The van der Waals surface area contributed by atoms with E-state index in [0.29, 0.717) is 23.3 Å². The summed E-state index contributed by atoms with van der Waals surface area (Å²) in [5.41, 5.74) is 3.46. The Kier molecular flexibility index (Phi) is 4.27. The van der Waals surface area contributed by atoms with Crippen molar-refractivity contribution in [3.63, 3.8) is 0 Å². The highest BCUT2D eigenvalue weighted by Crippen LogP contribution is 2.31. The van der Waals surface area contributed by atoms with Crippen molar-refractivity contribution < 1.29 is 4.92 Å². The molecule has 0 aliphatic carbocycles. The average molecular weight is 374 g/mol. The summed E-state index contributed by atoms with van der Waals surface area (Å²) in [6, 6.07) is 16.7. The highest BCUT2D eigenvalue weighted by atomic mass is 16.6. The molecule has 0 atom stereocenters. The SMILES string of the molecule is CCc1nn2c(=O)c([N+](=O)[O-])c(-c3ccccc3)[nH]c2c1-c1ccc(C)cc1. The van der Waals surface area contributed by atoms with Gasteiger partial charge in [0.05, 0.1) is 10.6 Å². The van der Waals surface area contributed by atoms with E-state index in [2.05, 4.69) is 10.1 Å². The van der Waals surface area contributed by atoms with E-state index in [-0.39, 0.29) is 5.69 Å². The maximum Gasteiger partial charge on any atom is 0.359 e. The number of nitrogens with zero attached hydrogens (tertiary/aromatic N) is 3. The fourth-order valence-corrected chi connectivity index (χ4v) is 3.36. The summed E-state index contributed by atoms with van der Waals surface area (Å²) in [7, 11) is 0. The molecular weight excluding hydrogens is 356 g/mol. The van der Waals surface area contributed by atoms with Crippen LogP contribution in [0.1, 0.15) is 18.2 Å². The number of aryl methyl sites for hydroxylation is 2. The van der Waals surface area contributed by atoms with E-state index in [1.54, 1.807) is 24.3 Å². The van der Waals surface area contributed by atoms with Crippen LogP contribution in [0.25, 0.3) is 28.0 Å². The van der Waals surface area contributed by atoms with E-state index >= 15 is 0 Å². The van der Waals surface area contributed by atoms with Crippen molar-refractivity contribution in [3.05, 3.63) is 86.3 Å². The lowest BCUT2D eigenvalue weighted by molar-refractivity contribution is -0.385. The van der Waals surface area contributed by atoms with Gasteiger partial charge in [0.25, 0.3) is 0 Å². The van der Waals surface area contributed by atoms with Gasteiger partial charge in [-0.1, -0.05) is 67.1 Å². The van der Waals surface area contributed by atoms with Crippen LogP contribution in [0.5, 0.6) is 0 Å². The van der Waals surface area contributed by atoms with E-state index in [1.165, 1.54) is 0 Å². The molecule has 140 valence electrons. The minimum absolute atomic E-state index is 0.180. The molecule has 1 N–H and O–H groups in total. The third-order valence-corrected chi connectivity index (χ3v) is 4.75. The lowest BCUT2D eigenvalue weighted by Gasteiger charge is -2.07. The first-order valence-corrected chi connectivity index (χ1v) is 8.96. The van der Waals surface area contributed by atoms with Crippen molar-refractivity contribution in [2.24, 2.45) is 0 Å². The summed E-state index contributed by atoms with van der Waals surface area (Å²) in [6.45, 7) is 3.94. The Bertz CT molecular complexity index is 1240. The van der Waals surface area contributed by atoms with Crippen molar-refractivity contribution in [1.82, 2.24) is 14.6 Å². The minimum Gasteiger partial charge on any atom is -0.333 e. The van der Waals surface area contributed by atoms with Crippen molar-refractivity contribution in [2.45, 2.75) is 20.3 Å². The maximum absolute atomic E-state index is 13.0. The Balaban J connectivity index is 2.12. The van der Waals surface area contributed by atoms with Crippen molar-refractivity contribution in [1.29, 1.82) is 0 Å². The van der Waals surface area contributed by atoms with Gasteiger partial charge in [-0.3, -0.25) is 14.9 Å². The zero-order chi connectivity index (χ0) is 19.8. The summed E-state index contributed by atoms with van der Waals surface area (Å²) < 4.78 is 1.11. The van der Waals surface area contributed by atoms with Gasteiger partial charge in [0, 0.05) is 11.1 Å². The first-order chi connectivity index (χ1) is 13.5. The molecule has 7 heteroatoms. The molecule has 2 aromatic carbocycles. The van der Waals surface area contributed by atoms with E-state index in [1.807, 2.05) is 44.2 Å². The number of aromatic amines is 1. The highest BCUT2D eigenvalue weighted by molar-refractivity contribution is 5.83. The summed E-state index contributed by atoms with van der Waals surface area (Å²) >= 11 is 0. The maximum atomic E-state index is 13.0. The normalized spacial score (nSPS) is 11.1. The second-order valence-corrected chi connectivity index (χ2v) is 6.58. The smallest absolute Gasteiger partial charge is 0.333 e. The predicted molar refractivity (Wildman–Crippen MR) is 107 cm³/mol. The van der Waals surface area contributed by atoms with Gasteiger partial charge in [-0.05, 0) is 18.9 Å². The van der Waals surface area contributed by atoms with Crippen LogP contribution >= 0.6 is 0 Å². The Morgan fingerprint density at radius 2 is 1.75 bits per heavy atom. The number of hydrogen-bond donors (Lipinski definition) is 1. The third kappa shape index (κ3) is 2.77. The molecule has 0 fully saturated rings. The monoisotopic (exact) mass is 374 g/mol. The van der Waals surface area contributed by atoms with Crippen molar-refractivity contribution in [3.8, 4) is 22.4 Å². The molecule has 28 heavy (non-hydrogen) atoms. The number of fused-ring (bicyclic) bond motifs is 1. The fraction of sp³-hybridized carbons (Fsp3) is 0.143. The first kappa shape index (κ1) is 17.7. The number of rotatable bonds is 4. The van der Waals surface area contributed by atoms with Crippen LogP contribution in [0.4, 0.5) is 5.69 Å². The zero-order valence-corrected chi connectivity index (χ0v) is 15.5. The highest BCUT2D eigenvalue weighted by Gasteiger charge is 2.27. The topological polar surface area (TPSA) is 93.3 Å². The molecule has 0 aliphatic rings. The molecule has 0 aliphatic heterocycles. The van der Waals surface area contributed by atoms with E-state index < -0.39 is 16.2 Å². The number of nitro groups is 1. The van der Waals surface area contributed by atoms with Crippen molar-refractivity contribution >= 4 is 11.3 Å². The van der Waals surface area contributed by atoms with Gasteiger partial charge < -0.3 is 4.98 Å². The van der Waals surface area contributed by atoms with E-state index in [4.69, 9.17) is 0 Å². The molecule has 4 rings (SSSR count). The number of hydrogen-bond acceptors (Lipinski definition) is 4. The molecule has 4 aromatic rings. The average Bonchev–Trinajstić information content (AvgIpc) is 3.08. The third-order valence-electron chi connectivity index (χ3n) is 4.75. The van der Waals surface area contributed by atoms with E-state index in [9.17, 15) is 14.9 Å². The van der Waals surface area contributed by atoms with Crippen LogP contribution in [0.15, 0.2) is 59.4 Å². The van der Waals surface area contributed by atoms with Gasteiger partial charge in [0.1, 0.15) is 11.3 Å². The fourth-order valence-electron chi connectivity index (χ4n) is 3.36. The van der Waals surface area contributed by atoms with Crippen LogP contribution in [0.3, 0.4) is 0 Å². The van der Waals surface area contributed by atoms with Crippen LogP contribution < -0.4 is 5.56 Å². The molecule has 0 saturated heterocycles. The quantitative estimate of drug-likeness (QED) is 0.429. The molecular formula is C21H18N4O3. The molecule has 0 spiro atoms. The Morgan fingerprint density at radius 1 is 1.07 bits per heavy atom. The number of benzene rings is 2. The Labute approximate surface area is 160 Å². The molecule has 0 radical (unpaired) electrons. The van der Waals surface area contributed by atoms with Gasteiger partial charge in [-0.15, -0.1) is 0 Å². The van der Waals surface area contributed by atoms with Gasteiger partial charge >= 0.3 is 11.2 Å². The molecule has 0 unspecified atom stereocenters. The lowest BCUT2D eigenvalue weighted by Crippen LogP contribution is -2.20. The molecule has 0 saturated carbocycles. The van der Waals surface area contributed by atoms with Gasteiger partial charge in [0.15, 0.2) is 0 Å². The standard InChI is InChI=1S/C21H18N4O3/c1-3-16-17(14-11-9-13(2)10-12-14)20-22-18(15-7-5-4-6-8-15)19(25(27)28)21(26)24(20)23-16/h4-12,22H,3H2,1-2H3. The summed E-state index contributed by atoms with van der Waals surface area (Å²) in [4.78, 5) is 27.1. The molecule has 0 bridgehead atoms. The first-order valence-electron chi connectivity index (χ1n) is 8.96. The predicted octanol–water partition coefficient (Wildman–Crippen LogP) is 4.14. The molecule has 0 amide bonds. The number of nitrogens with one attached hydrogen (secondary N) is 1. The molecule has 2 aromatic heterocycles. The molecule has 2 heterocycles. The van der Waals surface area contributed by atoms with Crippen molar-refractivity contribution in [2.75, 3.05) is 0 Å². The zero-order valence-electron chi connectivity index (χ0n) is 15.5. The van der Waals surface area contributed by atoms with Crippen LogP contribution in [-0.4, -0.2) is 19.5 Å². The Morgan fingerprint density at radius 3 is 2.36 bits per heavy atom. The second-order valence-electron chi connectivity index (χ2n) is 6.58. The van der Waals surface area contributed by atoms with Crippen LogP contribution in [0, 0.1) is 17.0 Å². The molecule has 7 nitrogen and oxygen atoms in total. The second kappa shape index (κ2) is 6.77. The van der Waals surface area contributed by atoms with Gasteiger partial charge in [0.2, 0.25) is 0 Å². The number of aromatic nitrogens is 3. The largest absolute Gasteiger partial charge is 0.359 e. The van der Waals surface area contributed by atoms with Gasteiger partial charge in [-0.2, -0.15) is 9.61 Å². The summed E-state index contributed by atoms with van der Waals surface area (Å²) in [6.07, 6.45) is 0.590. The van der Waals surface area contributed by atoms with Crippen LogP contribution in [-0.2, 0) is 6.42 Å².